The highest BCUT2D eigenvalue weighted by molar-refractivity contribution is 5.94. The van der Waals surface area contributed by atoms with E-state index >= 15 is 0 Å². The maximum atomic E-state index is 12.0. The minimum Gasteiger partial charge on any atom is -0.340 e. The van der Waals surface area contributed by atoms with Crippen LogP contribution in [0.15, 0.2) is 34.9 Å². The summed E-state index contributed by atoms with van der Waals surface area (Å²) in [4.78, 5) is 16.2. The van der Waals surface area contributed by atoms with Gasteiger partial charge < -0.3 is 9.84 Å². The van der Waals surface area contributed by atoms with Gasteiger partial charge >= 0.3 is 0 Å². The Morgan fingerprint density at radius 2 is 1.94 bits per heavy atom. The fourth-order valence-electron chi connectivity index (χ4n) is 1.55. The maximum absolute atomic E-state index is 12.0. The van der Waals surface area contributed by atoms with Crippen LogP contribution in [0.1, 0.15) is 35.9 Å². The Labute approximate surface area is 105 Å². The fraction of sp³-hybridized carbons (Fsp3) is 0.308. The molecule has 1 aromatic carbocycles. The molecule has 5 nitrogen and oxygen atoms in total. The van der Waals surface area contributed by atoms with Crippen LogP contribution in [0.5, 0.6) is 0 Å². The zero-order valence-corrected chi connectivity index (χ0v) is 10.6. The first kappa shape index (κ1) is 12.3. The van der Waals surface area contributed by atoms with Crippen molar-refractivity contribution in [3.8, 4) is 0 Å². The Morgan fingerprint density at radius 3 is 2.50 bits per heavy atom. The molecular formula is C13H15N3O2. The van der Waals surface area contributed by atoms with Gasteiger partial charge in [-0.2, -0.15) is 4.98 Å². The smallest absolute Gasteiger partial charge is 0.252 e. The molecule has 0 atom stereocenters. The molecule has 0 aliphatic carbocycles. The zero-order valence-electron chi connectivity index (χ0n) is 10.6. The largest absolute Gasteiger partial charge is 0.340 e. The topological polar surface area (TPSA) is 68.0 Å². The molecule has 0 saturated carbocycles. The number of aryl methyl sites for hydroxylation is 1. The highest BCUT2D eigenvalue weighted by Gasteiger charge is 2.28. The van der Waals surface area contributed by atoms with Crippen molar-refractivity contribution in [3.63, 3.8) is 0 Å². The van der Waals surface area contributed by atoms with Crippen LogP contribution >= 0.6 is 0 Å². The number of aromatic nitrogens is 2. The molecule has 0 aliphatic heterocycles. The van der Waals surface area contributed by atoms with Gasteiger partial charge in [0.1, 0.15) is 0 Å². The zero-order chi connectivity index (χ0) is 13.2. The third kappa shape index (κ3) is 2.56. The van der Waals surface area contributed by atoms with E-state index in [0.717, 1.165) is 0 Å². The van der Waals surface area contributed by atoms with E-state index in [0.29, 0.717) is 17.3 Å². The number of hydrogen-bond donors (Lipinski definition) is 1. The standard InChI is InChI=1S/C13H15N3O2/c1-9-14-12(16-18-9)13(2,3)15-11(17)10-7-5-4-6-8-10/h4-8H,1-3H3,(H,15,17). The summed E-state index contributed by atoms with van der Waals surface area (Å²) in [5.74, 6) is 0.777. The number of hydrogen-bond acceptors (Lipinski definition) is 4. The monoisotopic (exact) mass is 245 g/mol. The molecule has 0 radical (unpaired) electrons. The molecule has 18 heavy (non-hydrogen) atoms. The number of nitrogens with one attached hydrogen (secondary N) is 1. The fourth-order valence-corrected chi connectivity index (χ4v) is 1.55. The van der Waals surface area contributed by atoms with Crippen LogP contribution in [0.3, 0.4) is 0 Å². The summed E-state index contributed by atoms with van der Waals surface area (Å²) in [6, 6.07) is 9.02. The molecule has 94 valence electrons. The molecule has 0 aliphatic rings. The highest BCUT2D eigenvalue weighted by Crippen LogP contribution is 2.17. The van der Waals surface area contributed by atoms with E-state index < -0.39 is 5.54 Å². The second-order valence-electron chi connectivity index (χ2n) is 4.58. The Bertz CT molecular complexity index is 546. The van der Waals surface area contributed by atoms with E-state index in [4.69, 9.17) is 4.52 Å². The lowest BCUT2D eigenvalue weighted by Crippen LogP contribution is -2.41. The minimum absolute atomic E-state index is 0.164. The third-order valence-electron chi connectivity index (χ3n) is 2.55. The van der Waals surface area contributed by atoms with Crippen molar-refractivity contribution in [1.29, 1.82) is 0 Å². The Hall–Kier alpha value is -2.17. The van der Waals surface area contributed by atoms with Crippen molar-refractivity contribution in [1.82, 2.24) is 15.5 Å². The number of amides is 1. The van der Waals surface area contributed by atoms with Crippen LogP contribution in [0.4, 0.5) is 0 Å². The van der Waals surface area contributed by atoms with Gasteiger partial charge in [0.15, 0.2) is 5.82 Å². The van der Waals surface area contributed by atoms with Crippen LogP contribution < -0.4 is 5.32 Å². The second kappa shape index (κ2) is 4.60. The summed E-state index contributed by atoms with van der Waals surface area (Å²) in [5, 5.41) is 6.71. The first-order valence-corrected chi connectivity index (χ1v) is 5.67. The first-order valence-electron chi connectivity index (χ1n) is 5.67. The maximum Gasteiger partial charge on any atom is 0.252 e. The van der Waals surface area contributed by atoms with E-state index in [1.54, 1.807) is 19.1 Å². The number of rotatable bonds is 3. The lowest BCUT2D eigenvalue weighted by molar-refractivity contribution is 0.0907. The van der Waals surface area contributed by atoms with E-state index in [-0.39, 0.29) is 5.91 Å². The molecule has 1 N–H and O–H groups in total. The van der Waals surface area contributed by atoms with Gasteiger partial charge in [0.2, 0.25) is 5.89 Å². The van der Waals surface area contributed by atoms with Crippen LogP contribution in [0.2, 0.25) is 0 Å². The van der Waals surface area contributed by atoms with Crippen LogP contribution in [-0.4, -0.2) is 16.0 Å². The summed E-state index contributed by atoms with van der Waals surface area (Å²) in [6.07, 6.45) is 0. The van der Waals surface area contributed by atoms with Gasteiger partial charge in [0.25, 0.3) is 5.91 Å². The van der Waals surface area contributed by atoms with Crippen molar-refractivity contribution < 1.29 is 9.32 Å². The van der Waals surface area contributed by atoms with Crippen molar-refractivity contribution in [3.05, 3.63) is 47.6 Å². The molecule has 1 heterocycles. The van der Waals surface area contributed by atoms with Crippen molar-refractivity contribution in [2.75, 3.05) is 0 Å². The van der Waals surface area contributed by atoms with Crippen molar-refractivity contribution in [2.24, 2.45) is 0 Å². The SMILES string of the molecule is Cc1nc(C(C)(C)NC(=O)c2ccccc2)no1. The van der Waals surface area contributed by atoms with Crippen LogP contribution in [0, 0.1) is 6.92 Å². The molecule has 2 rings (SSSR count). The van der Waals surface area contributed by atoms with Gasteiger partial charge in [-0.25, -0.2) is 0 Å². The van der Waals surface area contributed by atoms with E-state index in [1.807, 2.05) is 32.0 Å². The average molecular weight is 245 g/mol. The van der Waals surface area contributed by atoms with Gasteiger partial charge in [-0.05, 0) is 26.0 Å². The van der Waals surface area contributed by atoms with Gasteiger partial charge in [0, 0.05) is 12.5 Å². The molecule has 2 aromatic rings. The normalized spacial score (nSPS) is 11.3. The molecule has 0 bridgehead atoms. The molecule has 0 saturated heterocycles. The molecular weight excluding hydrogens is 230 g/mol. The Morgan fingerprint density at radius 1 is 1.28 bits per heavy atom. The second-order valence-corrected chi connectivity index (χ2v) is 4.58. The Kier molecular flexibility index (Phi) is 3.14. The predicted molar refractivity (Wildman–Crippen MR) is 66.0 cm³/mol. The number of nitrogens with zero attached hydrogens (tertiary/aromatic N) is 2. The Balaban J connectivity index is 2.16. The molecule has 0 spiro atoms. The first-order chi connectivity index (χ1) is 8.49. The molecule has 1 amide bonds. The van der Waals surface area contributed by atoms with Crippen molar-refractivity contribution in [2.45, 2.75) is 26.3 Å². The number of benzene rings is 1. The van der Waals surface area contributed by atoms with E-state index in [1.165, 1.54) is 0 Å². The lowest BCUT2D eigenvalue weighted by Gasteiger charge is -2.22. The number of carbonyl (C=O) groups excluding carboxylic acids is 1. The predicted octanol–water partition coefficient (Wildman–Crippen LogP) is 2.04. The number of carbonyl (C=O) groups is 1. The van der Waals surface area contributed by atoms with Crippen LogP contribution in [-0.2, 0) is 5.54 Å². The summed E-state index contributed by atoms with van der Waals surface area (Å²) < 4.78 is 4.93. The van der Waals surface area contributed by atoms with Crippen molar-refractivity contribution >= 4 is 5.91 Å². The van der Waals surface area contributed by atoms with Gasteiger partial charge in [0.05, 0.1) is 5.54 Å². The van der Waals surface area contributed by atoms with Gasteiger partial charge in [-0.3, -0.25) is 4.79 Å². The summed E-state index contributed by atoms with van der Waals surface area (Å²) in [6.45, 7) is 5.38. The van der Waals surface area contributed by atoms with E-state index in [9.17, 15) is 4.79 Å². The van der Waals surface area contributed by atoms with Gasteiger partial charge in [-0.1, -0.05) is 23.4 Å². The molecule has 1 aromatic heterocycles. The molecule has 0 unspecified atom stereocenters. The summed E-state index contributed by atoms with van der Waals surface area (Å²) in [5.41, 5.74) is -0.0733. The molecule has 0 fully saturated rings. The van der Waals surface area contributed by atoms with Gasteiger partial charge in [-0.15, -0.1) is 0 Å². The average Bonchev–Trinajstić information content (AvgIpc) is 2.77. The van der Waals surface area contributed by atoms with Crippen LogP contribution in [0.25, 0.3) is 0 Å². The quantitative estimate of drug-likeness (QED) is 0.898. The summed E-state index contributed by atoms with van der Waals surface area (Å²) >= 11 is 0. The lowest BCUT2D eigenvalue weighted by atomic mass is 10.0. The van der Waals surface area contributed by atoms with E-state index in [2.05, 4.69) is 15.5 Å². The highest BCUT2D eigenvalue weighted by atomic mass is 16.5. The third-order valence-corrected chi connectivity index (χ3v) is 2.55. The molecule has 5 heteroatoms. The minimum atomic E-state index is -0.676. The summed E-state index contributed by atoms with van der Waals surface area (Å²) in [7, 11) is 0.